The Labute approximate surface area is 160 Å². The zero-order valence-electron chi connectivity index (χ0n) is 14.7. The van der Waals surface area contributed by atoms with Crippen LogP contribution in [0.4, 0.5) is 0 Å². The second-order valence-electron chi connectivity index (χ2n) is 5.63. The van der Waals surface area contributed by atoms with Gasteiger partial charge in [0.2, 0.25) is 0 Å². The number of hydrazone groups is 1. The van der Waals surface area contributed by atoms with Crippen molar-refractivity contribution in [3.8, 4) is 11.5 Å². The predicted octanol–water partition coefficient (Wildman–Crippen LogP) is 2.23. The van der Waals surface area contributed by atoms with Crippen LogP contribution in [0.1, 0.15) is 5.56 Å². The van der Waals surface area contributed by atoms with Gasteiger partial charge in [-0.2, -0.15) is 5.10 Å². The van der Waals surface area contributed by atoms with Crippen LogP contribution in [0.25, 0.3) is 10.9 Å². The minimum absolute atomic E-state index is 0.232. The summed E-state index contributed by atoms with van der Waals surface area (Å²) >= 11 is 0. The fourth-order valence-corrected chi connectivity index (χ4v) is 2.40. The fourth-order valence-electron chi connectivity index (χ4n) is 2.40. The Morgan fingerprint density at radius 3 is 2.61 bits per heavy atom. The van der Waals surface area contributed by atoms with Gasteiger partial charge in [0.05, 0.1) is 6.21 Å². The van der Waals surface area contributed by atoms with Crippen molar-refractivity contribution < 1.29 is 24.2 Å². The highest BCUT2D eigenvalue weighted by atomic mass is 16.5. The van der Waals surface area contributed by atoms with Gasteiger partial charge in [-0.25, -0.2) is 10.2 Å². The monoisotopic (exact) mass is 379 g/mol. The summed E-state index contributed by atoms with van der Waals surface area (Å²) in [4.78, 5) is 26.8. The smallest absolute Gasteiger partial charge is 0.341 e. The fraction of sp³-hybridized carbons (Fsp3) is 0.100. The number of nitrogens with zero attached hydrogens (tertiary/aromatic N) is 2. The highest BCUT2D eigenvalue weighted by molar-refractivity contribution is 5.86. The van der Waals surface area contributed by atoms with Gasteiger partial charge in [0.1, 0.15) is 17.0 Å². The molecule has 8 heteroatoms. The molecule has 0 unspecified atom stereocenters. The van der Waals surface area contributed by atoms with Crippen LogP contribution >= 0.6 is 0 Å². The quantitative estimate of drug-likeness (QED) is 0.459. The molecule has 3 aromatic rings. The molecular weight excluding hydrogens is 362 g/mol. The van der Waals surface area contributed by atoms with Gasteiger partial charge in [0.25, 0.3) is 5.91 Å². The summed E-state index contributed by atoms with van der Waals surface area (Å²) in [6.07, 6.45) is 3.03. The van der Waals surface area contributed by atoms with Crippen molar-refractivity contribution >= 4 is 29.0 Å². The van der Waals surface area contributed by atoms with Crippen molar-refractivity contribution in [1.82, 2.24) is 10.4 Å². The minimum atomic E-state index is -1.08. The van der Waals surface area contributed by atoms with Gasteiger partial charge < -0.3 is 14.6 Å². The number of rotatable bonds is 8. The van der Waals surface area contributed by atoms with E-state index < -0.39 is 18.5 Å². The summed E-state index contributed by atoms with van der Waals surface area (Å²) < 4.78 is 10.7. The molecule has 1 heterocycles. The molecule has 0 radical (unpaired) electrons. The van der Waals surface area contributed by atoms with E-state index in [-0.39, 0.29) is 6.61 Å². The molecule has 0 bridgehead atoms. The molecule has 0 atom stereocenters. The van der Waals surface area contributed by atoms with Gasteiger partial charge in [-0.1, -0.05) is 30.3 Å². The Hall–Kier alpha value is -3.94. The largest absolute Gasteiger partial charge is 0.481 e. The normalized spacial score (nSPS) is 10.7. The first-order valence-electron chi connectivity index (χ1n) is 8.35. The van der Waals surface area contributed by atoms with E-state index in [1.165, 1.54) is 6.21 Å². The third-order valence-corrected chi connectivity index (χ3v) is 3.62. The van der Waals surface area contributed by atoms with Crippen LogP contribution in [0.2, 0.25) is 0 Å². The number of para-hydroxylation sites is 2. The summed E-state index contributed by atoms with van der Waals surface area (Å²) in [7, 11) is 0. The van der Waals surface area contributed by atoms with Crippen molar-refractivity contribution in [1.29, 1.82) is 0 Å². The first-order chi connectivity index (χ1) is 13.6. The van der Waals surface area contributed by atoms with Crippen molar-refractivity contribution in [2.24, 2.45) is 5.10 Å². The Bertz CT molecular complexity index is 1010. The molecule has 0 aliphatic rings. The molecule has 0 spiro atoms. The number of hydrogen-bond acceptors (Lipinski definition) is 6. The van der Waals surface area contributed by atoms with Gasteiger partial charge >= 0.3 is 5.97 Å². The minimum Gasteiger partial charge on any atom is -0.481 e. The Balaban J connectivity index is 1.56. The molecular formula is C20H17N3O5. The lowest BCUT2D eigenvalue weighted by Gasteiger charge is -2.08. The lowest BCUT2D eigenvalue weighted by Crippen LogP contribution is -2.24. The van der Waals surface area contributed by atoms with Crippen LogP contribution in [0.3, 0.4) is 0 Å². The van der Waals surface area contributed by atoms with E-state index in [1.54, 1.807) is 36.5 Å². The number of aromatic nitrogens is 1. The molecule has 0 saturated carbocycles. The van der Waals surface area contributed by atoms with E-state index in [4.69, 9.17) is 14.6 Å². The van der Waals surface area contributed by atoms with E-state index in [9.17, 15) is 9.59 Å². The third kappa shape index (κ3) is 5.04. The number of ether oxygens (including phenoxy) is 2. The van der Waals surface area contributed by atoms with E-state index in [1.807, 2.05) is 24.3 Å². The van der Waals surface area contributed by atoms with Gasteiger partial charge in [-0.3, -0.25) is 9.78 Å². The number of carbonyl (C=O) groups is 2. The lowest BCUT2D eigenvalue weighted by molar-refractivity contribution is -0.139. The molecule has 3 rings (SSSR count). The van der Waals surface area contributed by atoms with Crippen molar-refractivity contribution in [2.45, 2.75) is 0 Å². The molecule has 0 aliphatic heterocycles. The van der Waals surface area contributed by atoms with Crippen LogP contribution in [0, 0.1) is 0 Å². The summed E-state index contributed by atoms with van der Waals surface area (Å²) in [5.74, 6) is -0.682. The van der Waals surface area contributed by atoms with Crippen molar-refractivity contribution in [3.63, 3.8) is 0 Å². The zero-order chi connectivity index (χ0) is 19.8. The number of benzene rings is 2. The maximum Gasteiger partial charge on any atom is 0.341 e. The maximum absolute atomic E-state index is 12.0. The Kier molecular flexibility index (Phi) is 6.14. The van der Waals surface area contributed by atoms with E-state index >= 15 is 0 Å². The number of aliphatic carboxylic acids is 1. The molecule has 2 N–H and O–H groups in total. The van der Waals surface area contributed by atoms with Gasteiger partial charge in [0.15, 0.2) is 13.2 Å². The molecule has 1 aromatic heterocycles. The molecule has 0 aliphatic carbocycles. The van der Waals surface area contributed by atoms with Crippen LogP contribution in [0.5, 0.6) is 11.5 Å². The van der Waals surface area contributed by atoms with Crippen molar-refractivity contribution in [3.05, 3.63) is 66.4 Å². The predicted molar refractivity (Wildman–Crippen MR) is 103 cm³/mol. The third-order valence-electron chi connectivity index (χ3n) is 3.62. The number of fused-ring (bicyclic) bond motifs is 1. The molecule has 8 nitrogen and oxygen atoms in total. The first-order valence-corrected chi connectivity index (χ1v) is 8.35. The van der Waals surface area contributed by atoms with Crippen LogP contribution in [-0.2, 0) is 9.59 Å². The second kappa shape index (κ2) is 9.13. The number of carbonyl (C=O) groups excluding carboxylic acids is 1. The summed E-state index contributed by atoms with van der Waals surface area (Å²) in [6.45, 7) is -0.700. The number of hydrogen-bond donors (Lipinski definition) is 2. The van der Waals surface area contributed by atoms with Crippen LogP contribution in [-0.4, -0.2) is 41.4 Å². The average molecular weight is 379 g/mol. The Morgan fingerprint density at radius 2 is 1.75 bits per heavy atom. The average Bonchev–Trinajstić information content (AvgIpc) is 2.71. The van der Waals surface area contributed by atoms with Gasteiger partial charge in [-0.05, 0) is 24.3 Å². The number of carboxylic acids is 1. The van der Waals surface area contributed by atoms with E-state index in [2.05, 4.69) is 15.5 Å². The number of amides is 1. The van der Waals surface area contributed by atoms with Gasteiger partial charge in [-0.15, -0.1) is 0 Å². The summed E-state index contributed by atoms with van der Waals surface area (Å²) in [5, 5.41) is 13.5. The standard InChI is InChI=1S/C20H17N3O5/c24-18(12-27-17-9-3-6-14-7-4-10-21-20(14)17)23-22-11-15-5-1-2-8-16(15)28-13-19(25)26/h1-11H,12-13H2,(H,23,24)(H,25,26)/b22-11+. The first kappa shape index (κ1) is 18.8. The Morgan fingerprint density at radius 1 is 1.00 bits per heavy atom. The molecule has 0 fully saturated rings. The molecule has 28 heavy (non-hydrogen) atoms. The number of nitrogens with one attached hydrogen (secondary N) is 1. The lowest BCUT2D eigenvalue weighted by atomic mass is 10.2. The molecule has 142 valence electrons. The molecule has 2 aromatic carbocycles. The number of carboxylic acid groups (broad SMARTS) is 1. The topological polar surface area (TPSA) is 110 Å². The zero-order valence-corrected chi connectivity index (χ0v) is 14.7. The number of pyridine rings is 1. The van der Waals surface area contributed by atoms with E-state index in [0.717, 1.165) is 5.39 Å². The summed E-state index contributed by atoms with van der Waals surface area (Å²) in [6, 6.07) is 15.9. The van der Waals surface area contributed by atoms with Crippen molar-refractivity contribution in [2.75, 3.05) is 13.2 Å². The highest BCUT2D eigenvalue weighted by Gasteiger charge is 2.07. The highest BCUT2D eigenvalue weighted by Crippen LogP contribution is 2.22. The molecule has 0 saturated heterocycles. The second-order valence-corrected chi connectivity index (χ2v) is 5.63. The van der Waals surface area contributed by atoms with Crippen LogP contribution in [0.15, 0.2) is 65.9 Å². The maximum atomic E-state index is 12.0. The van der Waals surface area contributed by atoms with Gasteiger partial charge in [0, 0.05) is 17.1 Å². The molecule has 1 amide bonds. The van der Waals surface area contributed by atoms with Crippen LogP contribution < -0.4 is 14.9 Å². The summed E-state index contributed by atoms with van der Waals surface area (Å²) in [5.41, 5.74) is 3.56. The SMILES string of the molecule is O=C(O)COc1ccccc1/C=N/NC(=O)COc1cccc2cccnc12. The van der Waals surface area contributed by atoms with E-state index in [0.29, 0.717) is 22.6 Å².